The number of thiophene rings is 1. The van der Waals surface area contributed by atoms with Gasteiger partial charge in [-0.05, 0) is 15.9 Å². The van der Waals surface area contributed by atoms with Gasteiger partial charge in [0.2, 0.25) is 0 Å². The molecule has 0 saturated carbocycles. The molecule has 0 aliphatic heterocycles. The lowest BCUT2D eigenvalue weighted by atomic mass is 10.5. The zero-order valence-corrected chi connectivity index (χ0v) is 7.79. The summed E-state index contributed by atoms with van der Waals surface area (Å²) in [5, 5.41) is 21.3. The highest BCUT2D eigenvalue weighted by Gasteiger charge is 2.25. The Hall–Kier alpha value is -1.02. The average molecular weight is 253 g/mol. The Morgan fingerprint density at radius 1 is 1.33 bits per heavy atom. The van der Waals surface area contributed by atoms with Crippen molar-refractivity contribution in [1.82, 2.24) is 0 Å². The highest BCUT2D eigenvalue weighted by molar-refractivity contribution is 9.10. The molecule has 8 heteroatoms. The van der Waals surface area contributed by atoms with Crippen molar-refractivity contribution in [3.8, 4) is 0 Å². The molecule has 0 N–H and O–H groups in total. The molecule has 1 aromatic heterocycles. The lowest BCUT2D eigenvalue weighted by molar-refractivity contribution is -0.391. The summed E-state index contributed by atoms with van der Waals surface area (Å²) < 4.78 is -0.0671. The summed E-state index contributed by atoms with van der Waals surface area (Å²) in [7, 11) is 0. The predicted octanol–water partition coefficient (Wildman–Crippen LogP) is 2.33. The van der Waals surface area contributed by atoms with Crippen molar-refractivity contribution in [2.75, 3.05) is 0 Å². The van der Waals surface area contributed by atoms with Crippen molar-refractivity contribution in [2.45, 2.75) is 0 Å². The fourth-order valence-corrected chi connectivity index (χ4v) is 2.13. The van der Waals surface area contributed by atoms with Crippen molar-refractivity contribution in [1.29, 1.82) is 0 Å². The van der Waals surface area contributed by atoms with Crippen LogP contribution in [0.25, 0.3) is 0 Å². The molecule has 0 aromatic carbocycles. The molecule has 0 saturated heterocycles. The van der Waals surface area contributed by atoms with Gasteiger partial charge in [0, 0.05) is 0 Å². The van der Waals surface area contributed by atoms with Crippen molar-refractivity contribution in [2.24, 2.45) is 0 Å². The number of nitro groups is 2. The summed E-state index contributed by atoms with van der Waals surface area (Å²) in [6, 6.07) is 0. The quantitative estimate of drug-likeness (QED) is 0.597. The van der Waals surface area contributed by atoms with E-state index < -0.39 is 9.85 Å². The molecule has 0 radical (unpaired) electrons. The topological polar surface area (TPSA) is 86.3 Å². The van der Waals surface area contributed by atoms with Gasteiger partial charge in [-0.25, -0.2) is 0 Å². The number of nitrogens with zero attached hydrogens (tertiary/aromatic N) is 2. The average Bonchev–Trinajstić information content (AvgIpc) is 2.30. The van der Waals surface area contributed by atoms with Crippen LogP contribution in [0, 0.1) is 20.2 Å². The maximum atomic E-state index is 10.2. The fraction of sp³-hybridized carbons (Fsp3) is 0. The molecule has 12 heavy (non-hydrogen) atoms. The first-order valence-electron chi connectivity index (χ1n) is 2.59. The first-order chi connectivity index (χ1) is 5.54. The molecule has 0 amide bonds. The minimum Gasteiger partial charge on any atom is -0.258 e. The Balaban J connectivity index is 3.22. The van der Waals surface area contributed by atoms with Crippen LogP contribution in [0.4, 0.5) is 10.7 Å². The van der Waals surface area contributed by atoms with Crippen LogP contribution < -0.4 is 0 Å². The smallest absolute Gasteiger partial charge is 0.258 e. The molecule has 1 rings (SSSR count). The molecule has 0 fully saturated rings. The molecular formula is C4HBrN2O4S. The van der Waals surface area contributed by atoms with Gasteiger partial charge in [0.05, 0.1) is 15.2 Å². The van der Waals surface area contributed by atoms with Crippen molar-refractivity contribution < 1.29 is 9.85 Å². The standard InChI is InChI=1S/C4HBrN2O4S/c5-3-2(6(8)9)1-12-4(3)7(10)11/h1H. The van der Waals surface area contributed by atoms with Crippen molar-refractivity contribution in [3.05, 3.63) is 30.1 Å². The maximum Gasteiger partial charge on any atom is 0.345 e. The van der Waals surface area contributed by atoms with E-state index in [9.17, 15) is 20.2 Å². The van der Waals surface area contributed by atoms with Gasteiger partial charge < -0.3 is 0 Å². The van der Waals surface area contributed by atoms with Crippen molar-refractivity contribution >= 4 is 38.0 Å². The van der Waals surface area contributed by atoms with Gasteiger partial charge in [-0.2, -0.15) is 0 Å². The highest BCUT2D eigenvalue weighted by Crippen LogP contribution is 2.39. The lowest BCUT2D eigenvalue weighted by Gasteiger charge is -1.85. The number of hydrogen-bond acceptors (Lipinski definition) is 5. The van der Waals surface area contributed by atoms with Gasteiger partial charge in [-0.15, -0.1) is 0 Å². The summed E-state index contributed by atoms with van der Waals surface area (Å²) in [4.78, 5) is 19.1. The van der Waals surface area contributed by atoms with E-state index in [1.807, 2.05) is 0 Å². The zero-order chi connectivity index (χ0) is 9.30. The van der Waals surface area contributed by atoms with E-state index in [1.54, 1.807) is 0 Å². The Morgan fingerprint density at radius 2 is 1.92 bits per heavy atom. The Labute approximate surface area is 78.2 Å². The van der Waals surface area contributed by atoms with Gasteiger partial charge >= 0.3 is 10.7 Å². The SMILES string of the molecule is O=[N+]([O-])c1csc([N+](=O)[O-])c1Br. The number of rotatable bonds is 2. The third-order valence-electron chi connectivity index (χ3n) is 1.06. The molecule has 0 unspecified atom stereocenters. The number of halogens is 1. The van der Waals surface area contributed by atoms with Gasteiger partial charge in [-0.3, -0.25) is 20.2 Å². The highest BCUT2D eigenvalue weighted by atomic mass is 79.9. The lowest BCUT2D eigenvalue weighted by Crippen LogP contribution is -1.87. The zero-order valence-electron chi connectivity index (χ0n) is 5.39. The molecule has 0 aliphatic rings. The van der Waals surface area contributed by atoms with Crippen LogP contribution >= 0.6 is 27.3 Å². The summed E-state index contributed by atoms with van der Waals surface area (Å²) in [6.45, 7) is 0. The minimum atomic E-state index is -0.673. The fourth-order valence-electron chi connectivity index (χ4n) is 0.571. The monoisotopic (exact) mass is 252 g/mol. The molecular weight excluding hydrogens is 252 g/mol. The summed E-state index contributed by atoms with van der Waals surface area (Å²) in [5.41, 5.74) is -0.272. The predicted molar refractivity (Wildman–Crippen MR) is 45.3 cm³/mol. The van der Waals surface area contributed by atoms with E-state index in [0.717, 1.165) is 16.7 Å². The summed E-state index contributed by atoms with van der Waals surface area (Å²) >= 11 is 3.50. The molecule has 1 aromatic rings. The van der Waals surface area contributed by atoms with Crippen LogP contribution in [0.3, 0.4) is 0 Å². The van der Waals surface area contributed by atoms with E-state index in [2.05, 4.69) is 15.9 Å². The first kappa shape index (κ1) is 9.07. The van der Waals surface area contributed by atoms with Crippen LogP contribution in [0.15, 0.2) is 9.85 Å². The molecule has 64 valence electrons. The third-order valence-corrected chi connectivity index (χ3v) is 3.02. The molecule has 6 nitrogen and oxygen atoms in total. The molecule has 0 aliphatic carbocycles. The molecule has 1 heterocycles. The first-order valence-corrected chi connectivity index (χ1v) is 4.27. The van der Waals surface area contributed by atoms with E-state index >= 15 is 0 Å². The van der Waals surface area contributed by atoms with Crippen LogP contribution in [-0.4, -0.2) is 9.85 Å². The summed E-state index contributed by atoms with van der Waals surface area (Å²) in [5.74, 6) is 0. The van der Waals surface area contributed by atoms with E-state index in [0.29, 0.717) is 0 Å². The third kappa shape index (κ3) is 1.43. The van der Waals surface area contributed by atoms with Gasteiger partial charge in [0.25, 0.3) is 0 Å². The molecule has 0 bridgehead atoms. The molecule has 0 atom stereocenters. The van der Waals surface area contributed by atoms with Crippen LogP contribution in [0.5, 0.6) is 0 Å². The maximum absolute atomic E-state index is 10.2. The van der Waals surface area contributed by atoms with E-state index in [1.165, 1.54) is 0 Å². The van der Waals surface area contributed by atoms with Gasteiger partial charge in [-0.1, -0.05) is 11.3 Å². The Bertz CT molecular complexity index is 317. The van der Waals surface area contributed by atoms with Crippen molar-refractivity contribution in [3.63, 3.8) is 0 Å². The minimum absolute atomic E-state index is 0.0671. The van der Waals surface area contributed by atoms with Gasteiger partial charge in [0.1, 0.15) is 0 Å². The second-order valence-corrected chi connectivity index (χ2v) is 3.41. The number of hydrogen-bond donors (Lipinski definition) is 0. The second kappa shape index (κ2) is 3.15. The van der Waals surface area contributed by atoms with Gasteiger partial charge in [0.15, 0.2) is 4.47 Å². The Morgan fingerprint density at radius 3 is 2.17 bits per heavy atom. The summed E-state index contributed by atoms with van der Waals surface area (Å²) in [6.07, 6.45) is 0. The normalized spacial score (nSPS) is 9.75. The Kier molecular flexibility index (Phi) is 2.38. The largest absolute Gasteiger partial charge is 0.345 e. The van der Waals surface area contributed by atoms with E-state index in [-0.39, 0.29) is 15.2 Å². The van der Waals surface area contributed by atoms with Crippen LogP contribution in [0.1, 0.15) is 0 Å². The second-order valence-electron chi connectivity index (χ2n) is 1.75. The van der Waals surface area contributed by atoms with Crippen LogP contribution in [-0.2, 0) is 0 Å². The molecule has 0 spiro atoms. The van der Waals surface area contributed by atoms with E-state index in [4.69, 9.17) is 0 Å². The van der Waals surface area contributed by atoms with Crippen LogP contribution in [0.2, 0.25) is 0 Å².